The summed E-state index contributed by atoms with van der Waals surface area (Å²) in [6.07, 6.45) is 0. The number of nitrogens with zero attached hydrogens (tertiary/aromatic N) is 3. The van der Waals surface area contributed by atoms with Crippen molar-refractivity contribution < 1.29 is 23.3 Å². The van der Waals surface area contributed by atoms with Gasteiger partial charge in [0.1, 0.15) is 16.2 Å². The second kappa shape index (κ2) is 7.40. The molecule has 0 atom stereocenters. The quantitative estimate of drug-likeness (QED) is 0.529. The summed E-state index contributed by atoms with van der Waals surface area (Å²) < 4.78 is 10.7. The first-order chi connectivity index (χ1) is 13.9. The maximum absolute atomic E-state index is 13.1. The molecule has 3 heterocycles. The number of hydrogen-bond acceptors (Lipinski definition) is 7. The van der Waals surface area contributed by atoms with E-state index >= 15 is 0 Å². The highest BCUT2D eigenvalue weighted by Gasteiger charge is 2.29. The second-order valence-electron chi connectivity index (χ2n) is 6.75. The molecule has 10 heteroatoms. The van der Waals surface area contributed by atoms with E-state index in [4.69, 9.17) is 8.83 Å². The Labute approximate surface area is 164 Å². The Morgan fingerprint density at radius 3 is 2.48 bits per heavy atom. The molecule has 4 rings (SSSR count). The standard InChI is InChI=1S/C19H18N4O6/c1-21-8-10-22(11-9-21)19(25)17-16(12-4-2-3-5-13(12)29-17)20-18(24)14-6-7-15(28-14)23(26)27/h2-7H,8-11H2,1H3,(H,20,24). The zero-order valence-electron chi connectivity index (χ0n) is 15.6. The van der Waals surface area contributed by atoms with E-state index in [0.29, 0.717) is 24.1 Å². The van der Waals surface area contributed by atoms with Crippen molar-refractivity contribution in [3.05, 3.63) is 58.0 Å². The lowest BCUT2D eigenvalue weighted by Crippen LogP contribution is -2.47. The van der Waals surface area contributed by atoms with E-state index in [1.54, 1.807) is 29.2 Å². The van der Waals surface area contributed by atoms with Crippen molar-refractivity contribution in [1.82, 2.24) is 9.80 Å². The minimum atomic E-state index is -0.730. The number of amides is 2. The van der Waals surface area contributed by atoms with Crippen LogP contribution in [0.3, 0.4) is 0 Å². The molecule has 0 saturated carbocycles. The number of rotatable bonds is 4. The van der Waals surface area contributed by atoms with Crippen LogP contribution in [0.5, 0.6) is 0 Å². The minimum absolute atomic E-state index is 0.0187. The fraction of sp³-hybridized carbons (Fsp3) is 0.263. The lowest BCUT2D eigenvalue weighted by molar-refractivity contribution is -0.402. The summed E-state index contributed by atoms with van der Waals surface area (Å²) in [6, 6.07) is 9.24. The van der Waals surface area contributed by atoms with Crippen molar-refractivity contribution >= 4 is 34.4 Å². The molecule has 0 aliphatic carbocycles. The molecule has 2 aromatic heterocycles. The van der Waals surface area contributed by atoms with Gasteiger partial charge in [-0.3, -0.25) is 19.7 Å². The normalized spacial score (nSPS) is 14.9. The van der Waals surface area contributed by atoms with Gasteiger partial charge in [0.15, 0.2) is 5.76 Å². The monoisotopic (exact) mass is 398 g/mol. The number of nitrogens with one attached hydrogen (secondary N) is 1. The van der Waals surface area contributed by atoms with Crippen molar-refractivity contribution in [1.29, 1.82) is 0 Å². The van der Waals surface area contributed by atoms with Gasteiger partial charge >= 0.3 is 5.88 Å². The van der Waals surface area contributed by atoms with Gasteiger partial charge in [-0.2, -0.15) is 0 Å². The van der Waals surface area contributed by atoms with E-state index in [1.807, 2.05) is 7.05 Å². The Hall–Kier alpha value is -3.66. The van der Waals surface area contributed by atoms with Gasteiger partial charge in [-0.05, 0) is 25.2 Å². The summed E-state index contributed by atoms with van der Waals surface area (Å²) in [7, 11) is 1.98. The first-order valence-corrected chi connectivity index (χ1v) is 8.99. The number of benzene rings is 1. The van der Waals surface area contributed by atoms with E-state index in [2.05, 4.69) is 10.2 Å². The molecule has 1 aliphatic heterocycles. The fourth-order valence-corrected chi connectivity index (χ4v) is 3.20. The SMILES string of the molecule is CN1CCN(C(=O)c2oc3ccccc3c2NC(=O)c2ccc([N+](=O)[O-])o2)CC1. The number of carbonyl (C=O) groups is 2. The number of fused-ring (bicyclic) bond motifs is 1. The topological polar surface area (TPSA) is 122 Å². The van der Waals surface area contributed by atoms with Crippen LogP contribution in [-0.4, -0.2) is 59.8 Å². The van der Waals surface area contributed by atoms with Crippen LogP contribution in [0.4, 0.5) is 11.6 Å². The van der Waals surface area contributed by atoms with Crippen LogP contribution in [-0.2, 0) is 0 Å². The third kappa shape index (κ3) is 3.57. The van der Waals surface area contributed by atoms with E-state index in [9.17, 15) is 19.7 Å². The predicted octanol–water partition coefficient (Wildman–Crippen LogP) is 2.57. The number of carbonyl (C=O) groups excluding carboxylic acids is 2. The molecule has 1 N–H and O–H groups in total. The average Bonchev–Trinajstić information content (AvgIpc) is 3.34. The van der Waals surface area contributed by atoms with Crippen LogP contribution in [0.15, 0.2) is 45.2 Å². The maximum Gasteiger partial charge on any atom is 0.433 e. The molecule has 0 radical (unpaired) electrons. The fourth-order valence-electron chi connectivity index (χ4n) is 3.20. The summed E-state index contributed by atoms with van der Waals surface area (Å²) in [6.45, 7) is 2.57. The van der Waals surface area contributed by atoms with E-state index in [1.165, 1.54) is 6.07 Å². The van der Waals surface area contributed by atoms with Gasteiger partial charge in [0, 0.05) is 31.6 Å². The van der Waals surface area contributed by atoms with Crippen molar-refractivity contribution in [3.63, 3.8) is 0 Å². The van der Waals surface area contributed by atoms with Crippen molar-refractivity contribution in [3.8, 4) is 0 Å². The van der Waals surface area contributed by atoms with Gasteiger partial charge in [0.2, 0.25) is 5.76 Å². The molecule has 1 aromatic carbocycles. The Kier molecular flexibility index (Phi) is 4.77. The zero-order valence-corrected chi connectivity index (χ0v) is 15.6. The van der Waals surface area contributed by atoms with Crippen LogP contribution in [0.25, 0.3) is 11.0 Å². The number of nitro groups is 1. The minimum Gasteiger partial charge on any atom is -0.449 e. The molecule has 0 spiro atoms. The lowest BCUT2D eigenvalue weighted by atomic mass is 10.2. The molecule has 1 aliphatic rings. The molecule has 10 nitrogen and oxygen atoms in total. The molecule has 1 saturated heterocycles. The molecule has 1 fully saturated rings. The molecule has 0 bridgehead atoms. The summed E-state index contributed by atoms with van der Waals surface area (Å²) in [4.78, 5) is 39.5. The summed E-state index contributed by atoms with van der Waals surface area (Å²) in [5.74, 6) is -1.79. The van der Waals surface area contributed by atoms with Crippen molar-refractivity contribution in [2.24, 2.45) is 0 Å². The number of anilines is 1. The van der Waals surface area contributed by atoms with Crippen LogP contribution in [0.1, 0.15) is 21.1 Å². The third-order valence-corrected chi connectivity index (χ3v) is 4.81. The first-order valence-electron chi connectivity index (χ1n) is 8.99. The number of furan rings is 2. The molecule has 2 amide bonds. The highest BCUT2D eigenvalue weighted by molar-refractivity contribution is 6.13. The highest BCUT2D eigenvalue weighted by atomic mass is 16.6. The predicted molar refractivity (Wildman–Crippen MR) is 103 cm³/mol. The van der Waals surface area contributed by atoms with Gasteiger partial charge in [-0.1, -0.05) is 12.1 Å². The summed E-state index contributed by atoms with van der Waals surface area (Å²) >= 11 is 0. The molecular formula is C19H18N4O6. The molecular weight excluding hydrogens is 380 g/mol. The molecule has 150 valence electrons. The number of para-hydroxylation sites is 1. The lowest BCUT2D eigenvalue weighted by Gasteiger charge is -2.31. The first kappa shape index (κ1) is 18.7. The smallest absolute Gasteiger partial charge is 0.433 e. The van der Waals surface area contributed by atoms with Crippen LogP contribution < -0.4 is 5.32 Å². The van der Waals surface area contributed by atoms with Gasteiger partial charge < -0.3 is 24.0 Å². The zero-order chi connectivity index (χ0) is 20.5. The van der Waals surface area contributed by atoms with Gasteiger partial charge in [0.25, 0.3) is 11.8 Å². The van der Waals surface area contributed by atoms with E-state index in [-0.39, 0.29) is 23.1 Å². The number of likely N-dealkylation sites (N-methyl/N-ethyl adjacent to an activating group) is 1. The average molecular weight is 398 g/mol. The van der Waals surface area contributed by atoms with Crippen molar-refractivity contribution in [2.75, 3.05) is 38.5 Å². The van der Waals surface area contributed by atoms with Crippen LogP contribution >= 0.6 is 0 Å². The second-order valence-corrected chi connectivity index (χ2v) is 6.75. The number of piperazine rings is 1. The molecule has 3 aromatic rings. The number of hydrogen-bond donors (Lipinski definition) is 1. The van der Waals surface area contributed by atoms with E-state index in [0.717, 1.165) is 19.2 Å². The molecule has 29 heavy (non-hydrogen) atoms. The van der Waals surface area contributed by atoms with Gasteiger partial charge in [0.05, 0.1) is 6.07 Å². The Morgan fingerprint density at radius 2 is 1.79 bits per heavy atom. The summed E-state index contributed by atoms with van der Waals surface area (Å²) in [5.41, 5.74) is 0.666. The van der Waals surface area contributed by atoms with E-state index < -0.39 is 16.7 Å². The van der Waals surface area contributed by atoms with Crippen LogP contribution in [0.2, 0.25) is 0 Å². The Bertz CT molecular complexity index is 1090. The largest absolute Gasteiger partial charge is 0.449 e. The third-order valence-electron chi connectivity index (χ3n) is 4.81. The Balaban J connectivity index is 1.67. The molecule has 0 unspecified atom stereocenters. The van der Waals surface area contributed by atoms with Crippen molar-refractivity contribution in [2.45, 2.75) is 0 Å². The van der Waals surface area contributed by atoms with Gasteiger partial charge in [-0.25, -0.2) is 0 Å². The van der Waals surface area contributed by atoms with Crippen LogP contribution in [0, 0.1) is 10.1 Å². The maximum atomic E-state index is 13.1. The highest BCUT2D eigenvalue weighted by Crippen LogP contribution is 2.32. The van der Waals surface area contributed by atoms with Gasteiger partial charge in [-0.15, -0.1) is 0 Å². The summed E-state index contributed by atoms with van der Waals surface area (Å²) in [5, 5.41) is 14.0. The Morgan fingerprint density at radius 1 is 1.07 bits per heavy atom.